The van der Waals surface area contributed by atoms with E-state index in [1.807, 2.05) is 54.6 Å². The van der Waals surface area contributed by atoms with Crippen LogP contribution in [0.4, 0.5) is 0 Å². The number of carbonyl (C=O) groups is 1. The quantitative estimate of drug-likeness (QED) is 0.759. The third-order valence-electron chi connectivity index (χ3n) is 3.71. The van der Waals surface area contributed by atoms with Crippen molar-refractivity contribution in [2.24, 2.45) is 0 Å². The summed E-state index contributed by atoms with van der Waals surface area (Å²) < 4.78 is 5.24. The monoisotopic (exact) mass is 310 g/mol. The van der Waals surface area contributed by atoms with Gasteiger partial charge in [-0.25, -0.2) is 0 Å². The number of hydrogen-bond acceptors (Lipinski definition) is 4. The van der Waals surface area contributed by atoms with Crippen LogP contribution in [0.2, 0.25) is 0 Å². The molecule has 0 aliphatic heterocycles. The number of fused-ring (bicyclic) bond motifs is 1. The van der Waals surface area contributed by atoms with Gasteiger partial charge in [0, 0.05) is 18.5 Å². The minimum Gasteiger partial charge on any atom is -0.395 e. The molecule has 5 heteroatoms. The van der Waals surface area contributed by atoms with E-state index in [0.717, 1.165) is 10.9 Å². The van der Waals surface area contributed by atoms with Crippen molar-refractivity contribution in [2.75, 3.05) is 13.2 Å². The summed E-state index contributed by atoms with van der Waals surface area (Å²) in [6, 6.07) is 17.2. The first kappa shape index (κ1) is 15.2. The Balaban J connectivity index is 1.76. The van der Waals surface area contributed by atoms with Gasteiger partial charge >= 0.3 is 0 Å². The fourth-order valence-electron chi connectivity index (χ4n) is 2.54. The highest BCUT2D eigenvalue weighted by Crippen LogP contribution is 2.19. The van der Waals surface area contributed by atoms with E-state index in [2.05, 4.69) is 5.16 Å². The molecular weight excluding hydrogens is 292 g/mol. The standard InChI is InChI=1S/C18H18N2O3/c21-11-10-20(13-14-6-2-1-3-7-14)18(22)12-16-15-8-4-5-9-17(15)23-19-16/h1-9,21H,10-13H2. The third-order valence-corrected chi connectivity index (χ3v) is 3.71. The molecule has 2 aromatic carbocycles. The van der Waals surface area contributed by atoms with Crippen LogP contribution >= 0.6 is 0 Å². The van der Waals surface area contributed by atoms with Gasteiger partial charge in [-0.15, -0.1) is 0 Å². The summed E-state index contributed by atoms with van der Waals surface area (Å²) in [5.41, 5.74) is 2.33. The van der Waals surface area contributed by atoms with E-state index in [4.69, 9.17) is 4.52 Å². The molecule has 23 heavy (non-hydrogen) atoms. The van der Waals surface area contributed by atoms with Gasteiger partial charge in [0.15, 0.2) is 5.58 Å². The summed E-state index contributed by atoms with van der Waals surface area (Å²) in [5.74, 6) is -0.0815. The van der Waals surface area contributed by atoms with Crippen LogP contribution in [0.5, 0.6) is 0 Å². The lowest BCUT2D eigenvalue weighted by Crippen LogP contribution is -2.34. The van der Waals surface area contributed by atoms with Gasteiger partial charge in [0.2, 0.25) is 5.91 Å². The molecule has 1 heterocycles. The molecule has 1 N–H and O–H groups in total. The second-order valence-corrected chi connectivity index (χ2v) is 5.33. The van der Waals surface area contributed by atoms with Crippen LogP contribution < -0.4 is 0 Å². The highest BCUT2D eigenvalue weighted by Gasteiger charge is 2.18. The molecular formula is C18H18N2O3. The van der Waals surface area contributed by atoms with Gasteiger partial charge < -0.3 is 14.5 Å². The van der Waals surface area contributed by atoms with E-state index >= 15 is 0 Å². The molecule has 0 atom stereocenters. The topological polar surface area (TPSA) is 66.6 Å². The number of aliphatic hydroxyl groups is 1. The predicted molar refractivity (Wildman–Crippen MR) is 86.7 cm³/mol. The zero-order valence-corrected chi connectivity index (χ0v) is 12.7. The zero-order valence-electron chi connectivity index (χ0n) is 12.7. The van der Waals surface area contributed by atoms with E-state index in [1.165, 1.54) is 0 Å². The number of para-hydroxylation sites is 1. The summed E-state index contributed by atoms with van der Waals surface area (Å²) in [6.07, 6.45) is 0.157. The zero-order chi connectivity index (χ0) is 16.1. The molecule has 0 saturated heterocycles. The Morgan fingerprint density at radius 2 is 1.83 bits per heavy atom. The molecule has 0 fully saturated rings. The Bertz CT molecular complexity index is 783. The molecule has 0 radical (unpaired) electrons. The summed E-state index contributed by atoms with van der Waals surface area (Å²) in [5, 5.41) is 14.1. The van der Waals surface area contributed by atoms with Crippen molar-refractivity contribution in [3.05, 3.63) is 65.9 Å². The lowest BCUT2D eigenvalue weighted by atomic mass is 10.1. The molecule has 0 unspecified atom stereocenters. The molecule has 3 rings (SSSR count). The molecule has 1 aromatic heterocycles. The Morgan fingerprint density at radius 3 is 2.61 bits per heavy atom. The Labute approximate surface area is 134 Å². The van der Waals surface area contributed by atoms with Crippen LogP contribution in [0.3, 0.4) is 0 Å². The maximum atomic E-state index is 12.6. The fraction of sp³-hybridized carbons (Fsp3) is 0.222. The second kappa shape index (κ2) is 7.07. The minimum absolute atomic E-state index is 0.0713. The van der Waals surface area contributed by atoms with Crippen molar-refractivity contribution in [2.45, 2.75) is 13.0 Å². The summed E-state index contributed by atoms with van der Waals surface area (Å²) in [6.45, 7) is 0.692. The number of amides is 1. The average molecular weight is 310 g/mol. The number of rotatable bonds is 6. The first-order valence-corrected chi connectivity index (χ1v) is 7.54. The summed E-state index contributed by atoms with van der Waals surface area (Å²) in [7, 11) is 0. The number of aliphatic hydroxyl groups excluding tert-OH is 1. The highest BCUT2D eigenvalue weighted by atomic mass is 16.5. The van der Waals surface area contributed by atoms with Crippen molar-refractivity contribution in [3.8, 4) is 0 Å². The molecule has 3 aromatic rings. The summed E-state index contributed by atoms with van der Waals surface area (Å²) >= 11 is 0. The van der Waals surface area contributed by atoms with Crippen LogP contribution in [0.15, 0.2) is 59.1 Å². The number of carbonyl (C=O) groups excluding carboxylic acids is 1. The smallest absolute Gasteiger partial charge is 0.229 e. The van der Waals surface area contributed by atoms with Crippen molar-refractivity contribution < 1.29 is 14.4 Å². The SMILES string of the molecule is O=C(Cc1noc2ccccc12)N(CCO)Cc1ccccc1. The van der Waals surface area contributed by atoms with Gasteiger partial charge in [0.05, 0.1) is 13.0 Å². The molecule has 0 spiro atoms. The van der Waals surface area contributed by atoms with Gasteiger partial charge in [0.25, 0.3) is 0 Å². The van der Waals surface area contributed by atoms with Crippen molar-refractivity contribution in [1.29, 1.82) is 0 Å². The van der Waals surface area contributed by atoms with E-state index in [0.29, 0.717) is 24.4 Å². The maximum Gasteiger partial charge on any atom is 0.229 e. The van der Waals surface area contributed by atoms with Crippen LogP contribution in [0.1, 0.15) is 11.3 Å². The predicted octanol–water partition coefficient (Wildman–Crippen LogP) is 2.39. The van der Waals surface area contributed by atoms with Gasteiger partial charge in [-0.05, 0) is 17.7 Å². The van der Waals surface area contributed by atoms with Gasteiger partial charge in [-0.3, -0.25) is 4.79 Å². The largest absolute Gasteiger partial charge is 0.395 e. The number of hydrogen-bond donors (Lipinski definition) is 1. The average Bonchev–Trinajstić information content (AvgIpc) is 2.99. The lowest BCUT2D eigenvalue weighted by molar-refractivity contribution is -0.131. The van der Waals surface area contributed by atoms with E-state index in [1.54, 1.807) is 4.90 Å². The molecule has 0 aliphatic carbocycles. The first-order chi connectivity index (χ1) is 11.3. The second-order valence-electron chi connectivity index (χ2n) is 5.33. The third kappa shape index (κ3) is 3.57. The fourth-order valence-corrected chi connectivity index (χ4v) is 2.54. The normalized spacial score (nSPS) is 10.8. The van der Waals surface area contributed by atoms with Crippen molar-refractivity contribution >= 4 is 16.9 Å². The minimum atomic E-state index is -0.0815. The van der Waals surface area contributed by atoms with Crippen LogP contribution in [-0.2, 0) is 17.8 Å². The van der Waals surface area contributed by atoms with Crippen LogP contribution in [-0.4, -0.2) is 34.2 Å². The van der Waals surface area contributed by atoms with E-state index in [-0.39, 0.29) is 18.9 Å². The summed E-state index contributed by atoms with van der Waals surface area (Å²) in [4.78, 5) is 14.2. The maximum absolute atomic E-state index is 12.6. The van der Waals surface area contributed by atoms with Gasteiger partial charge in [0.1, 0.15) is 5.69 Å². The highest BCUT2D eigenvalue weighted by molar-refractivity contribution is 5.86. The van der Waals surface area contributed by atoms with Crippen LogP contribution in [0.25, 0.3) is 11.0 Å². The van der Waals surface area contributed by atoms with Gasteiger partial charge in [-0.2, -0.15) is 0 Å². The number of nitrogens with zero attached hydrogens (tertiary/aromatic N) is 2. The van der Waals surface area contributed by atoms with E-state index < -0.39 is 0 Å². The van der Waals surface area contributed by atoms with E-state index in [9.17, 15) is 9.90 Å². The molecule has 0 saturated carbocycles. The van der Waals surface area contributed by atoms with Crippen LogP contribution in [0, 0.1) is 0 Å². The molecule has 1 amide bonds. The number of aromatic nitrogens is 1. The lowest BCUT2D eigenvalue weighted by Gasteiger charge is -2.21. The first-order valence-electron chi connectivity index (χ1n) is 7.54. The molecule has 5 nitrogen and oxygen atoms in total. The van der Waals surface area contributed by atoms with Gasteiger partial charge in [-0.1, -0.05) is 47.6 Å². The Morgan fingerprint density at radius 1 is 1.09 bits per heavy atom. The Kier molecular flexibility index (Phi) is 4.68. The Hall–Kier alpha value is -2.66. The molecule has 0 aliphatic rings. The molecule has 118 valence electrons. The molecule has 0 bridgehead atoms. The van der Waals surface area contributed by atoms with Crippen molar-refractivity contribution in [3.63, 3.8) is 0 Å². The number of benzene rings is 2. The van der Waals surface area contributed by atoms with Crippen molar-refractivity contribution in [1.82, 2.24) is 10.1 Å².